The van der Waals surface area contributed by atoms with Gasteiger partial charge in [-0.05, 0) is 57.2 Å². The number of amides is 1. The molecule has 1 aliphatic carbocycles. The molecule has 3 rings (SSSR count). The second-order valence-corrected chi connectivity index (χ2v) is 6.85. The van der Waals surface area contributed by atoms with Gasteiger partial charge in [0.15, 0.2) is 0 Å². The minimum atomic E-state index is -0.388. The molecule has 1 amide bonds. The van der Waals surface area contributed by atoms with Crippen molar-refractivity contribution in [2.24, 2.45) is 11.1 Å². The van der Waals surface area contributed by atoms with E-state index in [0.29, 0.717) is 10.7 Å². The number of rotatable bonds is 1. The summed E-state index contributed by atoms with van der Waals surface area (Å²) in [6, 6.07) is 4.50. The molecular weight excluding hydrogens is 291 g/mol. The first-order valence-corrected chi connectivity index (χ1v) is 7.85. The first kappa shape index (κ1) is 14.8. The van der Waals surface area contributed by atoms with E-state index >= 15 is 0 Å². The Morgan fingerprint density at radius 1 is 1.38 bits per heavy atom. The van der Waals surface area contributed by atoms with Crippen LogP contribution in [-0.2, 0) is 4.79 Å². The van der Waals surface area contributed by atoms with Crippen molar-refractivity contribution >= 4 is 23.2 Å². The molecule has 1 saturated carbocycles. The molecule has 21 heavy (non-hydrogen) atoms. The van der Waals surface area contributed by atoms with E-state index < -0.39 is 0 Å². The van der Waals surface area contributed by atoms with Crippen molar-refractivity contribution in [3.8, 4) is 0 Å². The van der Waals surface area contributed by atoms with Crippen LogP contribution in [0.25, 0.3) is 0 Å². The van der Waals surface area contributed by atoms with E-state index in [1.54, 1.807) is 11.0 Å². The molecule has 1 atom stereocenters. The number of nitrogens with two attached hydrogens (primary N) is 1. The molecular formula is C16H20ClFN2O. The van der Waals surface area contributed by atoms with Crippen LogP contribution in [0.2, 0.25) is 5.02 Å². The van der Waals surface area contributed by atoms with E-state index in [1.807, 2.05) is 6.92 Å². The van der Waals surface area contributed by atoms with E-state index in [-0.39, 0.29) is 29.2 Å². The summed E-state index contributed by atoms with van der Waals surface area (Å²) in [5.41, 5.74) is 6.28. The first-order chi connectivity index (χ1) is 9.93. The van der Waals surface area contributed by atoms with Gasteiger partial charge in [-0.25, -0.2) is 4.39 Å². The molecule has 1 heterocycles. The summed E-state index contributed by atoms with van der Waals surface area (Å²) in [4.78, 5) is 14.7. The van der Waals surface area contributed by atoms with E-state index in [0.717, 1.165) is 32.1 Å². The van der Waals surface area contributed by atoms with Gasteiger partial charge in [-0.3, -0.25) is 4.79 Å². The molecule has 0 aromatic heterocycles. The maximum Gasteiger partial charge on any atom is 0.233 e. The van der Waals surface area contributed by atoms with Gasteiger partial charge in [0.1, 0.15) is 5.82 Å². The monoisotopic (exact) mass is 310 g/mol. The van der Waals surface area contributed by atoms with Gasteiger partial charge in [0.05, 0.1) is 16.1 Å². The minimum absolute atomic E-state index is 0.0785. The number of hydrogen-bond acceptors (Lipinski definition) is 2. The normalized spacial score (nSPS) is 33.0. The SMILES string of the molecule is CC1C[C@]2(CC[C@@H](N)CC2)C(=O)N1c1ccc(F)cc1Cl. The minimum Gasteiger partial charge on any atom is -0.328 e. The van der Waals surface area contributed by atoms with Crippen LogP contribution in [-0.4, -0.2) is 18.0 Å². The zero-order valence-corrected chi connectivity index (χ0v) is 12.9. The predicted molar refractivity (Wildman–Crippen MR) is 81.9 cm³/mol. The van der Waals surface area contributed by atoms with Gasteiger partial charge in [0, 0.05) is 12.1 Å². The lowest BCUT2D eigenvalue weighted by Crippen LogP contribution is -2.41. The molecule has 0 bridgehead atoms. The second-order valence-electron chi connectivity index (χ2n) is 6.44. The Morgan fingerprint density at radius 2 is 2.05 bits per heavy atom. The zero-order chi connectivity index (χ0) is 15.2. The van der Waals surface area contributed by atoms with Gasteiger partial charge < -0.3 is 10.6 Å². The zero-order valence-electron chi connectivity index (χ0n) is 12.1. The fourth-order valence-corrected chi connectivity index (χ4v) is 4.09. The highest BCUT2D eigenvalue weighted by molar-refractivity contribution is 6.34. The smallest absolute Gasteiger partial charge is 0.233 e. The van der Waals surface area contributed by atoms with Gasteiger partial charge in [-0.1, -0.05) is 11.6 Å². The summed E-state index contributed by atoms with van der Waals surface area (Å²) in [5, 5.41) is 0.291. The molecule has 1 unspecified atom stereocenters. The topological polar surface area (TPSA) is 46.3 Å². The third kappa shape index (κ3) is 2.44. The number of anilines is 1. The standard InChI is InChI=1S/C16H20ClFN2O/c1-10-9-16(6-4-12(19)5-7-16)15(21)20(10)14-3-2-11(18)8-13(14)17/h2-3,8,10,12H,4-7,9,19H2,1H3/t10?,12-,16-. The molecule has 1 saturated heterocycles. The fraction of sp³-hybridized carbons (Fsp3) is 0.562. The van der Waals surface area contributed by atoms with Gasteiger partial charge >= 0.3 is 0 Å². The molecule has 114 valence electrons. The van der Waals surface area contributed by atoms with Gasteiger partial charge in [0.2, 0.25) is 5.91 Å². The van der Waals surface area contributed by atoms with Crippen LogP contribution in [0.4, 0.5) is 10.1 Å². The summed E-state index contributed by atoms with van der Waals surface area (Å²) in [7, 11) is 0. The molecule has 1 aliphatic heterocycles. The molecule has 1 aromatic rings. The maximum absolute atomic E-state index is 13.2. The summed E-state index contributed by atoms with van der Waals surface area (Å²) in [6.45, 7) is 2.03. The lowest BCUT2D eigenvalue weighted by atomic mass is 9.71. The van der Waals surface area contributed by atoms with Crippen LogP contribution in [0.3, 0.4) is 0 Å². The Kier molecular flexibility index (Phi) is 3.70. The highest BCUT2D eigenvalue weighted by atomic mass is 35.5. The number of carbonyl (C=O) groups is 1. The predicted octanol–water partition coefficient (Wildman–Crippen LogP) is 3.49. The molecule has 1 spiro atoms. The van der Waals surface area contributed by atoms with Gasteiger partial charge in [-0.15, -0.1) is 0 Å². The third-order valence-electron chi connectivity index (χ3n) is 4.96. The van der Waals surface area contributed by atoms with E-state index in [1.165, 1.54) is 12.1 Å². The van der Waals surface area contributed by atoms with Crippen LogP contribution in [0, 0.1) is 11.2 Å². The summed E-state index contributed by atoms with van der Waals surface area (Å²) in [6.07, 6.45) is 4.29. The fourth-order valence-electron chi connectivity index (χ4n) is 3.83. The van der Waals surface area contributed by atoms with Crippen molar-refractivity contribution in [1.29, 1.82) is 0 Å². The Morgan fingerprint density at radius 3 is 2.67 bits per heavy atom. The maximum atomic E-state index is 13.2. The van der Waals surface area contributed by atoms with Crippen molar-refractivity contribution in [2.75, 3.05) is 4.90 Å². The third-order valence-corrected chi connectivity index (χ3v) is 5.26. The van der Waals surface area contributed by atoms with Crippen molar-refractivity contribution in [2.45, 2.75) is 51.1 Å². The molecule has 2 fully saturated rings. The van der Waals surface area contributed by atoms with Crippen molar-refractivity contribution < 1.29 is 9.18 Å². The summed E-state index contributed by atoms with van der Waals surface area (Å²) < 4.78 is 13.2. The first-order valence-electron chi connectivity index (χ1n) is 7.47. The summed E-state index contributed by atoms with van der Waals surface area (Å²) in [5.74, 6) is -0.267. The molecule has 0 radical (unpaired) electrons. The largest absolute Gasteiger partial charge is 0.328 e. The number of benzene rings is 1. The van der Waals surface area contributed by atoms with Gasteiger partial charge in [0.25, 0.3) is 0 Å². The van der Waals surface area contributed by atoms with E-state index in [9.17, 15) is 9.18 Å². The van der Waals surface area contributed by atoms with E-state index in [4.69, 9.17) is 17.3 Å². The molecule has 2 N–H and O–H groups in total. The average molecular weight is 311 g/mol. The summed E-state index contributed by atoms with van der Waals surface area (Å²) >= 11 is 6.14. The molecule has 2 aliphatic rings. The van der Waals surface area contributed by atoms with Crippen molar-refractivity contribution in [1.82, 2.24) is 0 Å². The number of halogens is 2. The van der Waals surface area contributed by atoms with E-state index in [2.05, 4.69) is 0 Å². The number of carbonyl (C=O) groups excluding carboxylic acids is 1. The molecule has 1 aromatic carbocycles. The van der Waals surface area contributed by atoms with Gasteiger partial charge in [-0.2, -0.15) is 0 Å². The Balaban J connectivity index is 1.92. The Labute approximate surface area is 129 Å². The Bertz CT molecular complexity index is 569. The highest BCUT2D eigenvalue weighted by Crippen LogP contribution is 2.49. The second kappa shape index (κ2) is 5.25. The average Bonchev–Trinajstić information content (AvgIpc) is 2.66. The molecule has 3 nitrogen and oxygen atoms in total. The Hall–Kier alpha value is -1.13. The van der Waals surface area contributed by atoms with Crippen molar-refractivity contribution in [3.05, 3.63) is 29.0 Å². The highest BCUT2D eigenvalue weighted by Gasteiger charge is 2.51. The van der Waals surface area contributed by atoms with Crippen LogP contribution in [0.5, 0.6) is 0 Å². The number of nitrogens with zero attached hydrogens (tertiary/aromatic N) is 1. The number of hydrogen-bond donors (Lipinski definition) is 1. The van der Waals surface area contributed by atoms with Crippen LogP contribution in [0.15, 0.2) is 18.2 Å². The lowest BCUT2D eigenvalue weighted by Gasteiger charge is -2.34. The quantitative estimate of drug-likeness (QED) is 0.863. The lowest BCUT2D eigenvalue weighted by molar-refractivity contribution is -0.127. The van der Waals surface area contributed by atoms with Crippen LogP contribution >= 0.6 is 11.6 Å². The van der Waals surface area contributed by atoms with Crippen LogP contribution in [0.1, 0.15) is 39.0 Å². The van der Waals surface area contributed by atoms with Crippen molar-refractivity contribution in [3.63, 3.8) is 0 Å². The molecule has 5 heteroatoms. The van der Waals surface area contributed by atoms with Crippen LogP contribution < -0.4 is 10.6 Å².